The van der Waals surface area contributed by atoms with E-state index in [2.05, 4.69) is 14.7 Å². The number of H-pyrrole nitrogens is 1. The molecule has 1 atom stereocenters. The number of aromatic amines is 1. The minimum Gasteiger partial charge on any atom is -0.465 e. The topological polar surface area (TPSA) is 98.1 Å². The first-order chi connectivity index (χ1) is 7.63. The molecule has 0 aliphatic rings. The highest BCUT2D eigenvalue weighted by Gasteiger charge is 2.19. The summed E-state index contributed by atoms with van der Waals surface area (Å²) < 4.78 is 4.61. The Balaban J connectivity index is 2.39. The number of nitrogens with one attached hydrogen (secondary N) is 1. The summed E-state index contributed by atoms with van der Waals surface area (Å²) >= 11 is 0. The molecule has 0 aliphatic heterocycles. The van der Waals surface area contributed by atoms with Crippen molar-refractivity contribution >= 4 is 11.8 Å². The number of ketones is 1. The fraction of sp³-hybridized carbons (Fsp3) is 0.400. The Morgan fingerprint density at radius 2 is 2.44 bits per heavy atom. The van der Waals surface area contributed by atoms with Gasteiger partial charge in [-0.1, -0.05) is 0 Å². The van der Waals surface area contributed by atoms with Gasteiger partial charge in [0.2, 0.25) is 0 Å². The molecular formula is C10H14N3O3. The largest absolute Gasteiger partial charge is 0.465 e. The summed E-state index contributed by atoms with van der Waals surface area (Å²) in [6.07, 6.45) is 4.32. The fourth-order valence-corrected chi connectivity index (χ4v) is 1.14. The summed E-state index contributed by atoms with van der Waals surface area (Å²) in [6, 6.07) is -0.771. The van der Waals surface area contributed by atoms with Gasteiger partial charge in [-0.2, -0.15) is 0 Å². The van der Waals surface area contributed by atoms with Crippen molar-refractivity contribution in [1.29, 1.82) is 0 Å². The highest BCUT2D eigenvalue weighted by molar-refractivity contribution is 6.09. The second-order valence-electron chi connectivity index (χ2n) is 3.17. The maximum atomic E-state index is 11.4. The molecule has 87 valence electrons. The van der Waals surface area contributed by atoms with Gasteiger partial charge in [0.15, 0.2) is 5.78 Å². The average Bonchev–Trinajstić information content (AvgIpc) is 2.70. The summed E-state index contributed by atoms with van der Waals surface area (Å²) in [5, 5.41) is 0. The van der Waals surface area contributed by atoms with Crippen LogP contribution in [0.4, 0.5) is 0 Å². The summed E-state index contributed by atoms with van der Waals surface area (Å²) in [5.74, 6) is -1.12. The van der Waals surface area contributed by atoms with Crippen LogP contribution >= 0.6 is 0 Å². The molecule has 1 aromatic rings. The van der Waals surface area contributed by atoms with E-state index in [-0.39, 0.29) is 13.0 Å². The lowest BCUT2D eigenvalue weighted by molar-refractivity contribution is -0.140. The Hall–Kier alpha value is -1.69. The first kappa shape index (κ1) is 12.4. The predicted molar refractivity (Wildman–Crippen MR) is 56.2 cm³/mol. The molecule has 1 radical (unpaired) electrons. The number of ether oxygens (including phenoxy) is 1. The van der Waals surface area contributed by atoms with Crippen LogP contribution in [0.3, 0.4) is 0 Å². The van der Waals surface area contributed by atoms with E-state index in [9.17, 15) is 9.59 Å². The van der Waals surface area contributed by atoms with E-state index in [0.717, 1.165) is 6.42 Å². The summed E-state index contributed by atoms with van der Waals surface area (Å²) in [5.41, 5.74) is 6.29. The van der Waals surface area contributed by atoms with Gasteiger partial charge in [0.05, 0.1) is 24.7 Å². The Labute approximate surface area is 93.2 Å². The second-order valence-corrected chi connectivity index (χ2v) is 3.17. The fourth-order valence-electron chi connectivity index (χ4n) is 1.14. The van der Waals surface area contributed by atoms with Gasteiger partial charge in [0, 0.05) is 12.6 Å². The van der Waals surface area contributed by atoms with E-state index in [4.69, 9.17) is 5.73 Å². The molecule has 6 heteroatoms. The molecule has 0 aromatic carbocycles. The van der Waals surface area contributed by atoms with Crippen molar-refractivity contribution in [2.45, 2.75) is 19.4 Å². The standard InChI is InChI=1S/C10H14N3O3/c1-2-16-10(15)4-9(14)8(11)3-7-5-12-6-13-7/h4-6,8H,2-3,11H2,1H3,(H,12,13)/t8-/m0/s1. The molecule has 0 spiro atoms. The van der Waals surface area contributed by atoms with Crippen LogP contribution in [0.25, 0.3) is 0 Å². The van der Waals surface area contributed by atoms with Crippen LogP contribution in [0.15, 0.2) is 12.5 Å². The van der Waals surface area contributed by atoms with Gasteiger partial charge >= 0.3 is 5.97 Å². The molecular weight excluding hydrogens is 210 g/mol. The predicted octanol–water partition coefficient (Wildman–Crippen LogP) is -0.384. The zero-order valence-corrected chi connectivity index (χ0v) is 8.97. The van der Waals surface area contributed by atoms with Crippen molar-refractivity contribution in [2.24, 2.45) is 5.73 Å². The van der Waals surface area contributed by atoms with Gasteiger partial charge in [0.25, 0.3) is 0 Å². The minimum absolute atomic E-state index is 0.233. The Kier molecular flexibility index (Phi) is 4.65. The van der Waals surface area contributed by atoms with Gasteiger partial charge in [-0.15, -0.1) is 0 Å². The summed E-state index contributed by atoms with van der Waals surface area (Å²) in [6.45, 7) is 1.90. The third kappa shape index (κ3) is 3.82. The lowest BCUT2D eigenvalue weighted by atomic mass is 10.1. The van der Waals surface area contributed by atoms with Gasteiger partial charge in [-0.25, -0.2) is 4.98 Å². The summed E-state index contributed by atoms with van der Waals surface area (Å²) in [7, 11) is 0. The average molecular weight is 224 g/mol. The quantitative estimate of drug-likeness (QED) is 0.507. The van der Waals surface area contributed by atoms with E-state index in [1.54, 1.807) is 13.1 Å². The number of hydrogen-bond acceptors (Lipinski definition) is 5. The van der Waals surface area contributed by atoms with Crippen LogP contribution in [0.1, 0.15) is 12.6 Å². The maximum absolute atomic E-state index is 11.4. The Morgan fingerprint density at radius 1 is 1.69 bits per heavy atom. The molecule has 6 nitrogen and oxygen atoms in total. The summed E-state index contributed by atoms with van der Waals surface area (Å²) in [4.78, 5) is 29.1. The second kappa shape index (κ2) is 6.02. The first-order valence-corrected chi connectivity index (χ1v) is 4.92. The van der Waals surface area contributed by atoms with E-state index < -0.39 is 17.8 Å². The monoisotopic (exact) mass is 224 g/mol. The molecule has 3 N–H and O–H groups in total. The molecule has 0 unspecified atom stereocenters. The van der Waals surface area contributed by atoms with Crippen LogP contribution in [-0.2, 0) is 20.7 Å². The molecule has 0 amide bonds. The molecule has 0 fully saturated rings. The van der Waals surface area contributed by atoms with E-state index >= 15 is 0 Å². The first-order valence-electron chi connectivity index (χ1n) is 4.92. The SMILES string of the molecule is CCOC(=O)[CH]C(=O)[C@@H](N)Cc1c[nH]cn1. The molecule has 0 aliphatic carbocycles. The lowest BCUT2D eigenvalue weighted by Crippen LogP contribution is -2.35. The van der Waals surface area contributed by atoms with Gasteiger partial charge in [-0.05, 0) is 6.92 Å². The van der Waals surface area contributed by atoms with E-state index in [1.165, 1.54) is 6.33 Å². The number of esters is 1. The van der Waals surface area contributed by atoms with Crippen molar-refractivity contribution in [3.05, 3.63) is 24.6 Å². The number of carbonyl (C=O) groups excluding carboxylic acids is 2. The van der Waals surface area contributed by atoms with Crippen molar-refractivity contribution < 1.29 is 14.3 Å². The van der Waals surface area contributed by atoms with Crippen molar-refractivity contribution in [3.63, 3.8) is 0 Å². The highest BCUT2D eigenvalue weighted by Crippen LogP contribution is 1.99. The number of nitrogens with zero attached hydrogens (tertiary/aromatic N) is 1. The molecule has 0 bridgehead atoms. The molecule has 0 saturated carbocycles. The number of carbonyl (C=O) groups is 2. The Morgan fingerprint density at radius 3 is 3.00 bits per heavy atom. The number of Topliss-reactive ketones (excluding diaryl/α,β-unsaturated/α-hetero) is 1. The van der Waals surface area contributed by atoms with E-state index in [1.807, 2.05) is 0 Å². The van der Waals surface area contributed by atoms with Crippen LogP contribution in [0, 0.1) is 6.42 Å². The highest BCUT2D eigenvalue weighted by atomic mass is 16.5. The number of hydrogen-bond donors (Lipinski definition) is 2. The number of rotatable bonds is 6. The van der Waals surface area contributed by atoms with Gasteiger partial charge in [0.1, 0.15) is 6.42 Å². The normalized spacial score (nSPS) is 12.1. The zero-order chi connectivity index (χ0) is 12.0. The van der Waals surface area contributed by atoms with E-state index in [0.29, 0.717) is 5.69 Å². The van der Waals surface area contributed by atoms with Crippen LogP contribution in [0.2, 0.25) is 0 Å². The number of nitrogens with two attached hydrogens (primary N) is 1. The smallest absolute Gasteiger partial charge is 0.317 e. The van der Waals surface area contributed by atoms with Crippen LogP contribution < -0.4 is 5.73 Å². The molecule has 0 saturated heterocycles. The minimum atomic E-state index is -0.771. The molecule has 1 aromatic heterocycles. The third-order valence-corrected chi connectivity index (χ3v) is 1.90. The number of imidazole rings is 1. The van der Waals surface area contributed by atoms with Crippen LogP contribution in [0.5, 0.6) is 0 Å². The van der Waals surface area contributed by atoms with Gasteiger partial charge in [-0.3, -0.25) is 9.59 Å². The molecule has 16 heavy (non-hydrogen) atoms. The third-order valence-electron chi connectivity index (χ3n) is 1.90. The lowest BCUT2D eigenvalue weighted by Gasteiger charge is -2.07. The molecule has 1 rings (SSSR count). The van der Waals surface area contributed by atoms with Crippen molar-refractivity contribution in [3.8, 4) is 0 Å². The maximum Gasteiger partial charge on any atom is 0.317 e. The molecule has 1 heterocycles. The van der Waals surface area contributed by atoms with Crippen molar-refractivity contribution in [1.82, 2.24) is 9.97 Å². The Bertz CT molecular complexity index is 348. The van der Waals surface area contributed by atoms with Gasteiger partial charge < -0.3 is 15.5 Å². The number of aromatic nitrogens is 2. The zero-order valence-electron chi connectivity index (χ0n) is 8.97. The van der Waals surface area contributed by atoms with Crippen molar-refractivity contribution in [2.75, 3.05) is 6.61 Å². The van der Waals surface area contributed by atoms with Crippen LogP contribution in [-0.4, -0.2) is 34.4 Å².